The van der Waals surface area contributed by atoms with Gasteiger partial charge >= 0.3 is 0 Å². The van der Waals surface area contributed by atoms with Crippen LogP contribution in [0.5, 0.6) is 5.75 Å². The summed E-state index contributed by atoms with van der Waals surface area (Å²) in [4.78, 5) is 16.7. The summed E-state index contributed by atoms with van der Waals surface area (Å²) in [5.74, 6) is 0.451. The minimum atomic E-state index is -0.605. The van der Waals surface area contributed by atoms with E-state index in [1.54, 1.807) is 48.0 Å². The summed E-state index contributed by atoms with van der Waals surface area (Å²) in [6.07, 6.45) is 0. The van der Waals surface area contributed by atoms with Crippen molar-refractivity contribution in [3.8, 4) is 17.1 Å². The third kappa shape index (κ3) is 3.02. The highest BCUT2D eigenvalue weighted by atomic mass is 35.5. The molecule has 1 aliphatic heterocycles. The first-order chi connectivity index (χ1) is 12.9. The van der Waals surface area contributed by atoms with Gasteiger partial charge in [-0.2, -0.15) is 4.98 Å². The maximum absolute atomic E-state index is 12.1. The minimum absolute atomic E-state index is 0.0873. The number of hydrogen-bond acceptors (Lipinski definition) is 5. The average Bonchev–Trinajstić information content (AvgIpc) is 3.03. The third-order valence-electron chi connectivity index (χ3n) is 4.39. The van der Waals surface area contributed by atoms with Crippen LogP contribution in [0.2, 0.25) is 5.02 Å². The van der Waals surface area contributed by atoms with Crippen LogP contribution in [0, 0.1) is 0 Å². The van der Waals surface area contributed by atoms with Gasteiger partial charge in [-0.05, 0) is 36.8 Å². The van der Waals surface area contributed by atoms with Gasteiger partial charge in [0.25, 0.3) is 0 Å². The number of carbonyl (C=O) groups excluding carboxylic acids is 1. The second-order valence-corrected chi connectivity index (χ2v) is 6.68. The number of nitrogens with one attached hydrogen (secondary N) is 1. The first kappa shape index (κ1) is 17.1. The number of anilines is 1. The van der Waals surface area contributed by atoms with Gasteiger partial charge in [0.2, 0.25) is 11.9 Å². The Hall–Kier alpha value is -3.32. The van der Waals surface area contributed by atoms with Crippen molar-refractivity contribution in [3.05, 3.63) is 70.4 Å². The summed E-state index contributed by atoms with van der Waals surface area (Å²) in [5.41, 5.74) is 8.01. The van der Waals surface area contributed by atoms with E-state index < -0.39 is 11.9 Å². The molecule has 1 atom stereocenters. The van der Waals surface area contributed by atoms with Crippen molar-refractivity contribution in [2.24, 2.45) is 5.73 Å². The van der Waals surface area contributed by atoms with Crippen molar-refractivity contribution in [1.82, 2.24) is 14.8 Å². The minimum Gasteiger partial charge on any atom is -0.508 e. The molecule has 2 heterocycles. The first-order valence-electron chi connectivity index (χ1n) is 8.23. The number of fused-ring (bicyclic) bond motifs is 1. The van der Waals surface area contributed by atoms with Crippen molar-refractivity contribution in [2.75, 3.05) is 5.32 Å². The highest BCUT2D eigenvalue weighted by Gasteiger charge is 2.33. The van der Waals surface area contributed by atoms with Gasteiger partial charge in [-0.25, -0.2) is 4.68 Å². The van der Waals surface area contributed by atoms with E-state index in [2.05, 4.69) is 15.4 Å². The van der Waals surface area contributed by atoms with E-state index in [1.807, 2.05) is 12.1 Å². The molecule has 8 heteroatoms. The zero-order valence-electron chi connectivity index (χ0n) is 14.3. The van der Waals surface area contributed by atoms with Crippen LogP contribution >= 0.6 is 11.6 Å². The summed E-state index contributed by atoms with van der Waals surface area (Å²) < 4.78 is 1.60. The molecule has 0 aliphatic carbocycles. The van der Waals surface area contributed by atoms with Crippen LogP contribution in [-0.2, 0) is 4.79 Å². The second kappa shape index (κ2) is 6.44. The van der Waals surface area contributed by atoms with Gasteiger partial charge in [-0.3, -0.25) is 4.79 Å². The van der Waals surface area contributed by atoms with Gasteiger partial charge in [-0.1, -0.05) is 35.9 Å². The topological polar surface area (TPSA) is 106 Å². The van der Waals surface area contributed by atoms with Gasteiger partial charge in [0.1, 0.15) is 11.8 Å². The van der Waals surface area contributed by atoms with Crippen LogP contribution in [-0.4, -0.2) is 25.8 Å². The fourth-order valence-corrected chi connectivity index (χ4v) is 3.41. The number of primary amides is 1. The van der Waals surface area contributed by atoms with Crippen molar-refractivity contribution in [2.45, 2.75) is 13.0 Å². The number of phenolic OH excluding ortho intramolecular Hbond substituents is 1. The number of nitrogens with two attached hydrogens (primary N) is 1. The Balaban J connectivity index is 1.90. The maximum atomic E-state index is 12.1. The number of benzene rings is 2. The van der Waals surface area contributed by atoms with Crippen molar-refractivity contribution in [3.63, 3.8) is 0 Å². The SMILES string of the molecule is CC1=C(C(N)=O)[C@H](c2cccc(O)c2)n2nc(-c3cccc(Cl)c3)nc2N1. The fraction of sp³-hybridized carbons (Fsp3) is 0.105. The van der Waals surface area contributed by atoms with E-state index in [4.69, 9.17) is 17.3 Å². The Kier molecular flexibility index (Phi) is 4.08. The molecule has 1 aromatic heterocycles. The zero-order valence-corrected chi connectivity index (χ0v) is 15.1. The van der Waals surface area contributed by atoms with E-state index in [-0.39, 0.29) is 5.75 Å². The average molecular weight is 382 g/mol. The maximum Gasteiger partial charge on any atom is 0.248 e. The molecule has 4 N–H and O–H groups in total. The number of allylic oxidation sites excluding steroid dienone is 1. The normalized spacial score (nSPS) is 16.0. The van der Waals surface area contributed by atoms with Crippen LogP contribution < -0.4 is 11.1 Å². The molecule has 1 amide bonds. The number of aromatic nitrogens is 3. The number of halogens is 1. The molecule has 0 saturated carbocycles. The highest BCUT2D eigenvalue weighted by Crippen LogP contribution is 2.37. The summed E-state index contributed by atoms with van der Waals surface area (Å²) in [6, 6.07) is 13.2. The number of hydrogen-bond donors (Lipinski definition) is 3. The number of amides is 1. The molecule has 136 valence electrons. The number of phenols is 1. The Bertz CT molecular complexity index is 1090. The molecule has 0 bridgehead atoms. The summed E-state index contributed by atoms with van der Waals surface area (Å²) >= 11 is 6.08. The van der Waals surface area contributed by atoms with E-state index >= 15 is 0 Å². The molecule has 0 saturated heterocycles. The largest absolute Gasteiger partial charge is 0.508 e. The Labute approximate surface area is 160 Å². The standard InChI is InChI=1S/C19H16ClN5O2/c1-10-15(17(21)27)16(11-4-3-7-14(26)9-11)25-19(22-10)23-18(24-25)12-5-2-6-13(20)8-12/h2-9,16,26H,1H3,(H2,21,27)(H,22,23,24)/t16-/m0/s1. The molecule has 3 aromatic rings. The van der Waals surface area contributed by atoms with Gasteiger partial charge < -0.3 is 16.2 Å². The number of carbonyl (C=O) groups is 1. The molecule has 0 spiro atoms. The lowest BCUT2D eigenvalue weighted by atomic mass is 9.95. The summed E-state index contributed by atoms with van der Waals surface area (Å²) in [7, 11) is 0. The van der Waals surface area contributed by atoms with Crippen molar-refractivity contribution in [1.29, 1.82) is 0 Å². The second-order valence-electron chi connectivity index (χ2n) is 6.24. The lowest BCUT2D eigenvalue weighted by Gasteiger charge is -2.27. The summed E-state index contributed by atoms with van der Waals surface area (Å²) in [6.45, 7) is 1.76. The molecule has 2 aromatic carbocycles. The molecule has 7 nitrogen and oxygen atoms in total. The molecule has 1 aliphatic rings. The molecular weight excluding hydrogens is 366 g/mol. The smallest absolute Gasteiger partial charge is 0.248 e. The quantitative estimate of drug-likeness (QED) is 0.646. The molecule has 27 heavy (non-hydrogen) atoms. The zero-order chi connectivity index (χ0) is 19.1. The molecule has 4 rings (SSSR count). The van der Waals surface area contributed by atoms with Crippen LogP contribution in [0.3, 0.4) is 0 Å². The number of nitrogens with zero attached hydrogens (tertiary/aromatic N) is 3. The lowest BCUT2D eigenvalue weighted by molar-refractivity contribution is -0.115. The number of rotatable bonds is 3. The molecule has 0 radical (unpaired) electrons. The number of aromatic hydroxyl groups is 1. The van der Waals surface area contributed by atoms with E-state index in [1.165, 1.54) is 0 Å². The van der Waals surface area contributed by atoms with Gasteiger partial charge in [0.05, 0.1) is 5.57 Å². The van der Waals surface area contributed by atoms with E-state index in [9.17, 15) is 9.90 Å². The first-order valence-corrected chi connectivity index (χ1v) is 8.61. The fourth-order valence-electron chi connectivity index (χ4n) is 3.22. The van der Waals surface area contributed by atoms with Gasteiger partial charge in [0, 0.05) is 16.3 Å². The van der Waals surface area contributed by atoms with E-state index in [0.717, 1.165) is 5.56 Å². The highest BCUT2D eigenvalue weighted by molar-refractivity contribution is 6.30. The Morgan fingerprint density at radius 3 is 2.74 bits per heavy atom. The molecule has 0 fully saturated rings. The predicted molar refractivity (Wildman–Crippen MR) is 102 cm³/mol. The van der Waals surface area contributed by atoms with Crippen LogP contribution in [0.15, 0.2) is 59.8 Å². The monoisotopic (exact) mass is 381 g/mol. The Morgan fingerprint density at radius 2 is 2.04 bits per heavy atom. The van der Waals surface area contributed by atoms with Crippen LogP contribution in [0.25, 0.3) is 11.4 Å². The molecule has 0 unspecified atom stereocenters. The lowest BCUT2D eigenvalue weighted by Crippen LogP contribution is -2.31. The van der Waals surface area contributed by atoms with Crippen molar-refractivity contribution < 1.29 is 9.90 Å². The predicted octanol–water partition coefficient (Wildman–Crippen LogP) is 3.08. The van der Waals surface area contributed by atoms with Crippen molar-refractivity contribution >= 4 is 23.5 Å². The Morgan fingerprint density at radius 1 is 1.26 bits per heavy atom. The summed E-state index contributed by atoms with van der Waals surface area (Å²) in [5, 5.41) is 18.1. The van der Waals surface area contributed by atoms with Crippen LogP contribution in [0.1, 0.15) is 18.5 Å². The third-order valence-corrected chi connectivity index (χ3v) is 4.62. The van der Waals surface area contributed by atoms with Gasteiger partial charge in [-0.15, -0.1) is 5.10 Å². The van der Waals surface area contributed by atoms with E-state index in [0.29, 0.717) is 33.6 Å². The van der Waals surface area contributed by atoms with Crippen LogP contribution in [0.4, 0.5) is 5.95 Å². The molecular formula is C19H16ClN5O2. The van der Waals surface area contributed by atoms with Gasteiger partial charge in [0.15, 0.2) is 5.82 Å².